The number of halogens is 1. The van der Waals surface area contributed by atoms with Gasteiger partial charge in [0.2, 0.25) is 0 Å². The van der Waals surface area contributed by atoms with Gasteiger partial charge in [-0.2, -0.15) is 5.10 Å². The van der Waals surface area contributed by atoms with E-state index in [1.54, 1.807) is 46.0 Å². The molecule has 0 unspecified atom stereocenters. The van der Waals surface area contributed by atoms with Crippen molar-refractivity contribution in [2.75, 3.05) is 16.8 Å². The Kier molecular flexibility index (Phi) is 4.84. The van der Waals surface area contributed by atoms with Gasteiger partial charge in [-0.1, -0.05) is 11.6 Å². The first-order chi connectivity index (χ1) is 13.8. The van der Waals surface area contributed by atoms with Crippen molar-refractivity contribution in [3.05, 3.63) is 70.3 Å². The highest BCUT2D eigenvalue weighted by Gasteiger charge is 2.34. The smallest absolute Gasteiger partial charge is 0.278 e. The molecule has 0 saturated heterocycles. The summed E-state index contributed by atoms with van der Waals surface area (Å²) in [4.78, 5) is 32.0. The van der Waals surface area contributed by atoms with E-state index in [9.17, 15) is 9.59 Å². The molecule has 148 valence electrons. The highest BCUT2D eigenvalue weighted by Crippen LogP contribution is 2.30. The Morgan fingerprint density at radius 2 is 1.83 bits per heavy atom. The molecule has 8 heteroatoms. The first-order valence-electron chi connectivity index (χ1n) is 9.25. The second-order valence-electron chi connectivity index (χ2n) is 7.19. The molecular formula is C21H20ClN5O2. The van der Waals surface area contributed by atoms with Crippen LogP contribution in [0.15, 0.2) is 42.6 Å². The number of amides is 2. The van der Waals surface area contributed by atoms with Gasteiger partial charge in [-0.05, 0) is 57.2 Å². The van der Waals surface area contributed by atoms with Gasteiger partial charge in [0, 0.05) is 34.2 Å². The van der Waals surface area contributed by atoms with Crippen LogP contribution in [0.25, 0.3) is 0 Å². The Hall–Kier alpha value is -3.19. The molecule has 3 aromatic rings. The summed E-state index contributed by atoms with van der Waals surface area (Å²) >= 11 is 5.97. The Morgan fingerprint density at radius 3 is 2.48 bits per heavy atom. The van der Waals surface area contributed by atoms with Crippen molar-refractivity contribution in [3.63, 3.8) is 0 Å². The first kappa shape index (κ1) is 19.1. The molecule has 0 bridgehead atoms. The average Bonchev–Trinajstić information content (AvgIpc) is 3.09. The molecule has 0 spiro atoms. The van der Waals surface area contributed by atoms with Gasteiger partial charge in [0.1, 0.15) is 0 Å². The van der Waals surface area contributed by atoms with Crippen molar-refractivity contribution in [3.8, 4) is 0 Å². The maximum atomic E-state index is 13.2. The molecule has 0 radical (unpaired) electrons. The number of pyridine rings is 1. The number of benzene rings is 1. The minimum Gasteiger partial charge on any atom is -0.319 e. The van der Waals surface area contributed by atoms with Gasteiger partial charge in [0.15, 0.2) is 5.69 Å². The Bertz CT molecular complexity index is 1090. The van der Waals surface area contributed by atoms with Crippen LogP contribution in [0.3, 0.4) is 0 Å². The van der Waals surface area contributed by atoms with Gasteiger partial charge >= 0.3 is 0 Å². The number of carbonyl (C=O) groups excluding carboxylic acids is 2. The fourth-order valence-corrected chi connectivity index (χ4v) is 3.68. The number of carbonyl (C=O) groups is 2. The normalized spacial score (nSPS) is 15.9. The van der Waals surface area contributed by atoms with Crippen LogP contribution in [-0.4, -0.2) is 33.1 Å². The molecule has 29 heavy (non-hydrogen) atoms. The van der Waals surface area contributed by atoms with Crippen LogP contribution in [0.4, 0.5) is 11.4 Å². The van der Waals surface area contributed by atoms with Crippen molar-refractivity contribution < 1.29 is 9.59 Å². The molecule has 0 fully saturated rings. The van der Waals surface area contributed by atoms with E-state index in [1.165, 1.54) is 6.20 Å². The van der Waals surface area contributed by atoms with E-state index in [-0.39, 0.29) is 17.9 Å². The van der Waals surface area contributed by atoms with Gasteiger partial charge in [-0.3, -0.25) is 19.3 Å². The molecule has 0 saturated carbocycles. The maximum Gasteiger partial charge on any atom is 0.278 e. The van der Waals surface area contributed by atoms with Crippen LogP contribution in [-0.2, 0) is 0 Å². The maximum absolute atomic E-state index is 13.2. The number of hydrogen-bond donors (Lipinski definition) is 1. The van der Waals surface area contributed by atoms with Crippen LogP contribution in [0, 0.1) is 13.8 Å². The van der Waals surface area contributed by atoms with Crippen LogP contribution in [0.1, 0.15) is 45.2 Å². The molecule has 2 aromatic heterocycles. The van der Waals surface area contributed by atoms with E-state index in [0.717, 1.165) is 17.1 Å². The summed E-state index contributed by atoms with van der Waals surface area (Å²) < 4.78 is 1.66. The summed E-state index contributed by atoms with van der Waals surface area (Å²) in [5, 5.41) is 7.77. The SMILES string of the molecule is Cc1cc(C(=O)Nc2cnn3c2C(=O)N(c2ccc(Cl)cc2)C[C@@H]3C)cc(C)n1. The standard InChI is InChI=1S/C21H20ClN5O2/c1-12-8-15(9-13(2)24-12)20(28)25-18-10-23-27-14(3)11-26(21(29)19(18)27)17-6-4-16(22)5-7-17/h4-10,14H,11H2,1-3H3,(H,25,28)/t14-/m0/s1. The third-order valence-corrected chi connectivity index (χ3v) is 5.09. The largest absolute Gasteiger partial charge is 0.319 e. The first-order valence-corrected chi connectivity index (χ1v) is 9.63. The number of anilines is 2. The lowest BCUT2D eigenvalue weighted by Gasteiger charge is -2.32. The molecule has 1 atom stereocenters. The molecule has 1 N–H and O–H groups in total. The van der Waals surface area contributed by atoms with Crippen molar-refractivity contribution in [2.24, 2.45) is 0 Å². The summed E-state index contributed by atoms with van der Waals surface area (Å²) in [5.74, 6) is -0.529. The fourth-order valence-electron chi connectivity index (χ4n) is 3.56. The van der Waals surface area contributed by atoms with E-state index in [4.69, 9.17) is 11.6 Å². The lowest BCUT2D eigenvalue weighted by molar-refractivity contribution is 0.0954. The van der Waals surface area contributed by atoms with E-state index in [1.807, 2.05) is 20.8 Å². The van der Waals surface area contributed by atoms with Gasteiger partial charge < -0.3 is 10.2 Å². The van der Waals surface area contributed by atoms with Gasteiger partial charge in [-0.15, -0.1) is 0 Å². The molecule has 1 aliphatic rings. The zero-order valence-corrected chi connectivity index (χ0v) is 17.1. The number of rotatable bonds is 3. The van der Waals surface area contributed by atoms with Gasteiger partial charge in [0.05, 0.1) is 17.9 Å². The second kappa shape index (κ2) is 7.33. The van der Waals surface area contributed by atoms with Crippen molar-refractivity contribution in [2.45, 2.75) is 26.8 Å². The van der Waals surface area contributed by atoms with Crippen LogP contribution in [0.5, 0.6) is 0 Å². The molecular weight excluding hydrogens is 390 g/mol. The molecule has 1 aliphatic heterocycles. The zero-order valence-electron chi connectivity index (χ0n) is 16.3. The monoisotopic (exact) mass is 409 g/mol. The number of aryl methyl sites for hydroxylation is 2. The minimum atomic E-state index is -0.307. The molecule has 2 amide bonds. The lowest BCUT2D eigenvalue weighted by atomic mass is 10.1. The number of hydrogen-bond acceptors (Lipinski definition) is 4. The zero-order chi connectivity index (χ0) is 20.7. The Labute approximate surface area is 173 Å². The topological polar surface area (TPSA) is 80.1 Å². The van der Waals surface area contributed by atoms with E-state index in [0.29, 0.717) is 28.5 Å². The van der Waals surface area contributed by atoms with Gasteiger partial charge in [-0.25, -0.2) is 0 Å². The quantitative estimate of drug-likeness (QED) is 0.708. The molecule has 1 aromatic carbocycles. The summed E-state index contributed by atoms with van der Waals surface area (Å²) in [7, 11) is 0. The van der Waals surface area contributed by atoms with Crippen LogP contribution in [0.2, 0.25) is 5.02 Å². The molecule has 0 aliphatic carbocycles. The number of fused-ring (bicyclic) bond motifs is 1. The van der Waals surface area contributed by atoms with Crippen LogP contribution < -0.4 is 10.2 Å². The predicted octanol–water partition coefficient (Wildman–Crippen LogP) is 4.02. The molecule has 4 rings (SSSR count). The summed E-state index contributed by atoms with van der Waals surface area (Å²) in [6.45, 7) is 6.12. The highest BCUT2D eigenvalue weighted by atomic mass is 35.5. The summed E-state index contributed by atoms with van der Waals surface area (Å²) in [5.41, 5.74) is 3.49. The second-order valence-corrected chi connectivity index (χ2v) is 7.62. The number of aromatic nitrogens is 3. The molecule has 3 heterocycles. The minimum absolute atomic E-state index is 0.0468. The lowest BCUT2D eigenvalue weighted by Crippen LogP contribution is -2.43. The number of nitrogens with zero attached hydrogens (tertiary/aromatic N) is 4. The van der Waals surface area contributed by atoms with Crippen LogP contribution >= 0.6 is 11.6 Å². The van der Waals surface area contributed by atoms with Gasteiger partial charge in [0.25, 0.3) is 11.8 Å². The summed E-state index contributed by atoms with van der Waals surface area (Å²) in [6.07, 6.45) is 1.52. The third kappa shape index (κ3) is 3.61. The van der Waals surface area contributed by atoms with E-state index < -0.39 is 0 Å². The average molecular weight is 410 g/mol. The van der Waals surface area contributed by atoms with E-state index in [2.05, 4.69) is 15.4 Å². The number of nitrogens with one attached hydrogen (secondary N) is 1. The molecule has 7 nitrogen and oxygen atoms in total. The summed E-state index contributed by atoms with van der Waals surface area (Å²) in [6, 6.07) is 10.5. The van der Waals surface area contributed by atoms with Crippen molar-refractivity contribution >= 4 is 34.8 Å². The third-order valence-electron chi connectivity index (χ3n) is 4.84. The van der Waals surface area contributed by atoms with E-state index >= 15 is 0 Å². The fraction of sp³-hybridized carbons (Fsp3) is 0.238. The highest BCUT2D eigenvalue weighted by molar-refractivity contribution is 6.30. The predicted molar refractivity (Wildman–Crippen MR) is 112 cm³/mol. The Morgan fingerprint density at radius 1 is 1.17 bits per heavy atom. The van der Waals surface area contributed by atoms with Crippen molar-refractivity contribution in [1.82, 2.24) is 14.8 Å². The van der Waals surface area contributed by atoms with Crippen molar-refractivity contribution in [1.29, 1.82) is 0 Å². The Balaban J connectivity index is 1.66.